The van der Waals surface area contributed by atoms with Crippen LogP contribution in [0.3, 0.4) is 0 Å². The molecule has 1 aromatic rings. The normalized spacial score (nSPS) is 20.3. The zero-order valence-electron chi connectivity index (χ0n) is 11.2. The van der Waals surface area contributed by atoms with Crippen LogP contribution in [0.15, 0.2) is 24.3 Å². The molecule has 3 heteroatoms. The predicted molar refractivity (Wildman–Crippen MR) is 73.2 cm³/mol. The fourth-order valence-corrected chi connectivity index (χ4v) is 2.62. The van der Waals surface area contributed by atoms with Crippen LogP contribution in [0.1, 0.15) is 18.4 Å². The Morgan fingerprint density at radius 3 is 3.06 bits per heavy atom. The van der Waals surface area contributed by atoms with Gasteiger partial charge in [0.25, 0.3) is 0 Å². The summed E-state index contributed by atoms with van der Waals surface area (Å²) in [5.41, 5.74) is 1.09. The third-order valence-electron chi connectivity index (χ3n) is 3.64. The molecule has 1 unspecified atom stereocenters. The molecule has 1 aliphatic rings. The van der Waals surface area contributed by atoms with Crippen molar-refractivity contribution in [2.24, 2.45) is 5.92 Å². The van der Waals surface area contributed by atoms with E-state index >= 15 is 0 Å². The maximum Gasteiger partial charge on any atom is 0.123 e. The number of nitrogens with one attached hydrogen (secondary N) is 1. The van der Waals surface area contributed by atoms with Crippen LogP contribution in [-0.2, 0) is 6.42 Å². The largest absolute Gasteiger partial charge is 0.316 e. The van der Waals surface area contributed by atoms with Gasteiger partial charge in [0.2, 0.25) is 0 Å². The maximum atomic E-state index is 13.0. The summed E-state index contributed by atoms with van der Waals surface area (Å²) in [7, 11) is 2.16. The van der Waals surface area contributed by atoms with Crippen molar-refractivity contribution in [3.8, 4) is 0 Å². The highest BCUT2D eigenvalue weighted by Gasteiger charge is 2.14. The van der Waals surface area contributed by atoms with E-state index in [0.717, 1.165) is 37.5 Å². The minimum atomic E-state index is -0.133. The third kappa shape index (κ3) is 4.39. The standard InChI is InChI=1S/C15H23FN2/c1-18(12-14-5-3-8-17-11-14)9-7-13-4-2-6-15(16)10-13/h2,4,6,10,14,17H,3,5,7-9,11-12H2,1H3. The number of hydrogen-bond donors (Lipinski definition) is 1. The summed E-state index contributed by atoms with van der Waals surface area (Å²) in [5.74, 6) is 0.642. The number of benzene rings is 1. The molecule has 1 saturated heterocycles. The lowest BCUT2D eigenvalue weighted by Crippen LogP contribution is -2.37. The van der Waals surface area contributed by atoms with Gasteiger partial charge in [-0.1, -0.05) is 12.1 Å². The third-order valence-corrected chi connectivity index (χ3v) is 3.64. The second-order valence-electron chi connectivity index (χ2n) is 5.35. The van der Waals surface area contributed by atoms with Gasteiger partial charge in [-0.2, -0.15) is 0 Å². The first kappa shape index (κ1) is 13.5. The van der Waals surface area contributed by atoms with E-state index in [-0.39, 0.29) is 5.82 Å². The Kier molecular flexibility index (Phi) is 5.14. The van der Waals surface area contributed by atoms with Crippen LogP contribution >= 0.6 is 0 Å². The number of rotatable bonds is 5. The topological polar surface area (TPSA) is 15.3 Å². The van der Waals surface area contributed by atoms with Crippen LogP contribution in [0.25, 0.3) is 0 Å². The molecule has 0 bridgehead atoms. The monoisotopic (exact) mass is 250 g/mol. The highest BCUT2D eigenvalue weighted by molar-refractivity contribution is 5.16. The smallest absolute Gasteiger partial charge is 0.123 e. The molecule has 2 rings (SSSR count). The molecule has 1 fully saturated rings. The second-order valence-corrected chi connectivity index (χ2v) is 5.35. The summed E-state index contributed by atoms with van der Waals surface area (Å²) in [4.78, 5) is 2.36. The average Bonchev–Trinajstić information content (AvgIpc) is 2.38. The molecule has 1 N–H and O–H groups in total. The van der Waals surface area contributed by atoms with Gasteiger partial charge in [0.1, 0.15) is 5.82 Å². The summed E-state index contributed by atoms with van der Waals surface area (Å²) >= 11 is 0. The molecule has 0 spiro atoms. The lowest BCUT2D eigenvalue weighted by atomic mass is 9.99. The van der Waals surface area contributed by atoms with Crippen LogP contribution in [0.5, 0.6) is 0 Å². The molecular weight excluding hydrogens is 227 g/mol. The van der Waals surface area contributed by atoms with E-state index in [1.807, 2.05) is 6.07 Å². The van der Waals surface area contributed by atoms with Crippen molar-refractivity contribution in [3.63, 3.8) is 0 Å². The molecule has 1 aliphatic heterocycles. The molecule has 0 aliphatic carbocycles. The summed E-state index contributed by atoms with van der Waals surface area (Å²) < 4.78 is 13.0. The van der Waals surface area contributed by atoms with Crippen molar-refractivity contribution in [1.29, 1.82) is 0 Å². The molecule has 0 saturated carbocycles. The lowest BCUT2D eigenvalue weighted by molar-refractivity contribution is 0.245. The first-order valence-electron chi connectivity index (χ1n) is 6.88. The minimum Gasteiger partial charge on any atom is -0.316 e. The Morgan fingerprint density at radius 2 is 2.33 bits per heavy atom. The van der Waals surface area contributed by atoms with Crippen LogP contribution in [0.2, 0.25) is 0 Å². The van der Waals surface area contributed by atoms with Crippen molar-refractivity contribution in [3.05, 3.63) is 35.6 Å². The Labute approximate surface area is 109 Å². The van der Waals surface area contributed by atoms with Crippen LogP contribution in [0.4, 0.5) is 4.39 Å². The highest BCUT2D eigenvalue weighted by atomic mass is 19.1. The molecule has 1 aromatic carbocycles. The minimum absolute atomic E-state index is 0.133. The Bertz CT molecular complexity index is 361. The van der Waals surface area contributed by atoms with Crippen molar-refractivity contribution in [1.82, 2.24) is 10.2 Å². The van der Waals surface area contributed by atoms with Crippen molar-refractivity contribution < 1.29 is 4.39 Å². The van der Waals surface area contributed by atoms with Gasteiger partial charge in [0.05, 0.1) is 0 Å². The molecule has 0 aromatic heterocycles. The van der Waals surface area contributed by atoms with Crippen LogP contribution in [-0.4, -0.2) is 38.1 Å². The summed E-state index contributed by atoms with van der Waals surface area (Å²) in [5, 5.41) is 3.45. The van der Waals surface area contributed by atoms with Gasteiger partial charge >= 0.3 is 0 Å². The molecule has 0 amide bonds. The fraction of sp³-hybridized carbons (Fsp3) is 0.600. The molecule has 1 atom stereocenters. The van der Waals surface area contributed by atoms with E-state index in [0.29, 0.717) is 0 Å². The second kappa shape index (κ2) is 6.86. The summed E-state index contributed by atoms with van der Waals surface area (Å²) in [6.07, 6.45) is 3.55. The molecule has 2 nitrogen and oxygen atoms in total. The maximum absolute atomic E-state index is 13.0. The Hall–Kier alpha value is -0.930. The Morgan fingerprint density at radius 1 is 1.44 bits per heavy atom. The van der Waals surface area contributed by atoms with E-state index < -0.39 is 0 Å². The van der Waals surface area contributed by atoms with E-state index in [4.69, 9.17) is 0 Å². The lowest BCUT2D eigenvalue weighted by Gasteiger charge is -2.27. The van der Waals surface area contributed by atoms with E-state index in [1.165, 1.54) is 25.5 Å². The zero-order chi connectivity index (χ0) is 12.8. The summed E-state index contributed by atoms with van der Waals surface area (Å²) in [6.45, 7) is 4.45. The summed E-state index contributed by atoms with van der Waals surface area (Å²) in [6, 6.07) is 6.92. The SMILES string of the molecule is CN(CCc1cccc(F)c1)CC1CCCNC1. The van der Waals surface area contributed by atoms with Gasteiger partial charge in [-0.25, -0.2) is 4.39 Å². The first-order chi connectivity index (χ1) is 8.74. The quantitative estimate of drug-likeness (QED) is 0.862. The number of likely N-dealkylation sites (N-methyl/N-ethyl adjacent to an activating group) is 1. The fourth-order valence-electron chi connectivity index (χ4n) is 2.62. The zero-order valence-corrected chi connectivity index (χ0v) is 11.2. The van der Waals surface area contributed by atoms with Gasteiger partial charge in [0, 0.05) is 13.1 Å². The number of nitrogens with zero attached hydrogens (tertiary/aromatic N) is 1. The number of halogens is 1. The first-order valence-corrected chi connectivity index (χ1v) is 6.88. The van der Waals surface area contributed by atoms with Crippen LogP contribution < -0.4 is 5.32 Å². The predicted octanol–water partition coefficient (Wildman–Crippen LogP) is 2.30. The van der Waals surface area contributed by atoms with E-state index in [9.17, 15) is 4.39 Å². The van der Waals surface area contributed by atoms with Gasteiger partial charge in [-0.15, -0.1) is 0 Å². The molecule has 18 heavy (non-hydrogen) atoms. The van der Waals surface area contributed by atoms with E-state index in [1.54, 1.807) is 12.1 Å². The highest BCUT2D eigenvalue weighted by Crippen LogP contribution is 2.11. The van der Waals surface area contributed by atoms with Gasteiger partial charge in [-0.3, -0.25) is 0 Å². The van der Waals surface area contributed by atoms with Crippen LogP contribution in [0, 0.1) is 11.7 Å². The Balaban J connectivity index is 1.72. The average molecular weight is 250 g/mol. The van der Waals surface area contributed by atoms with Gasteiger partial charge in [0.15, 0.2) is 0 Å². The number of piperidine rings is 1. The molecule has 1 heterocycles. The van der Waals surface area contributed by atoms with Gasteiger partial charge in [-0.05, 0) is 63.0 Å². The van der Waals surface area contributed by atoms with Crippen molar-refractivity contribution >= 4 is 0 Å². The molecule has 100 valence electrons. The number of hydrogen-bond acceptors (Lipinski definition) is 2. The van der Waals surface area contributed by atoms with Crippen molar-refractivity contribution in [2.45, 2.75) is 19.3 Å². The molecule has 0 radical (unpaired) electrons. The van der Waals surface area contributed by atoms with E-state index in [2.05, 4.69) is 17.3 Å². The van der Waals surface area contributed by atoms with Gasteiger partial charge < -0.3 is 10.2 Å². The molecular formula is C15H23FN2. The van der Waals surface area contributed by atoms with Crippen molar-refractivity contribution in [2.75, 3.05) is 33.2 Å².